The molecule has 0 unspecified atom stereocenters. The van der Waals surface area contributed by atoms with Crippen LogP contribution < -0.4 is 5.73 Å². The predicted octanol–water partition coefficient (Wildman–Crippen LogP) is 3.38. The lowest BCUT2D eigenvalue weighted by atomic mass is 9.98. The monoisotopic (exact) mass is 403 g/mol. The molecule has 0 aliphatic carbocycles. The summed E-state index contributed by atoms with van der Waals surface area (Å²) in [4.78, 5) is 5.00. The van der Waals surface area contributed by atoms with E-state index in [9.17, 15) is 8.42 Å². The highest BCUT2D eigenvalue weighted by Crippen LogP contribution is 2.33. The third kappa shape index (κ3) is 4.17. The minimum atomic E-state index is -3.44. The molecule has 0 atom stereocenters. The lowest BCUT2D eigenvalue weighted by molar-refractivity contribution is 0.278. The van der Waals surface area contributed by atoms with Crippen LogP contribution in [-0.2, 0) is 15.4 Å². The molecule has 0 saturated carbocycles. The van der Waals surface area contributed by atoms with Gasteiger partial charge in [0.25, 0.3) is 0 Å². The van der Waals surface area contributed by atoms with E-state index in [4.69, 9.17) is 5.73 Å². The van der Waals surface area contributed by atoms with Crippen LogP contribution in [0, 0.1) is 5.92 Å². The van der Waals surface area contributed by atoms with Crippen molar-refractivity contribution < 1.29 is 8.42 Å². The summed E-state index contributed by atoms with van der Waals surface area (Å²) < 4.78 is 28.3. The molecule has 2 N–H and O–H groups in total. The van der Waals surface area contributed by atoms with Crippen molar-refractivity contribution in [2.45, 2.75) is 43.9 Å². The van der Waals surface area contributed by atoms with Gasteiger partial charge in [0, 0.05) is 18.5 Å². The molecule has 25 heavy (non-hydrogen) atoms. The van der Waals surface area contributed by atoms with Gasteiger partial charge in [-0.15, -0.1) is 23.7 Å². The third-order valence-corrected chi connectivity index (χ3v) is 7.88. The summed E-state index contributed by atoms with van der Waals surface area (Å²) in [7, 11) is -3.44. The Morgan fingerprint density at radius 1 is 1.28 bits per heavy atom. The lowest BCUT2D eigenvalue weighted by Crippen LogP contribution is -2.39. The number of rotatable bonds is 3. The van der Waals surface area contributed by atoms with Gasteiger partial charge in [0.15, 0.2) is 0 Å². The van der Waals surface area contributed by atoms with Gasteiger partial charge in [-0.05, 0) is 43.5 Å². The maximum Gasteiger partial charge on any atom is 0.243 e. The van der Waals surface area contributed by atoms with Crippen molar-refractivity contribution in [2.75, 3.05) is 19.6 Å². The maximum atomic E-state index is 12.9. The molecule has 1 aromatic heterocycles. The second kappa shape index (κ2) is 7.48. The number of hydrogen-bond donors (Lipinski definition) is 1. The van der Waals surface area contributed by atoms with Crippen LogP contribution in [0.15, 0.2) is 23.1 Å². The topological polar surface area (TPSA) is 76.3 Å². The molecule has 2 heterocycles. The van der Waals surface area contributed by atoms with Crippen molar-refractivity contribution in [1.29, 1.82) is 0 Å². The first-order valence-electron chi connectivity index (χ1n) is 8.33. The van der Waals surface area contributed by atoms with E-state index in [2.05, 4.69) is 25.8 Å². The number of aromatic nitrogens is 1. The first-order chi connectivity index (χ1) is 11.2. The zero-order chi connectivity index (χ0) is 17.5. The summed E-state index contributed by atoms with van der Waals surface area (Å²) in [5.41, 5.74) is 6.53. The molecular weight excluding hydrogens is 378 g/mol. The van der Waals surface area contributed by atoms with Crippen molar-refractivity contribution >= 4 is 44.0 Å². The number of thiazole rings is 1. The average molecular weight is 404 g/mol. The summed E-state index contributed by atoms with van der Waals surface area (Å²) in [6.45, 7) is 8.09. The molecule has 0 bridgehead atoms. The SMILES string of the molecule is CC(C)(C)c1nc2ccc(S(=O)(=O)N3CCC(CN)CC3)cc2s1.Cl. The van der Waals surface area contributed by atoms with E-state index in [0.29, 0.717) is 30.4 Å². The number of nitrogens with two attached hydrogens (primary N) is 1. The minimum absolute atomic E-state index is 0. The van der Waals surface area contributed by atoms with Crippen LogP contribution in [-0.4, -0.2) is 37.3 Å². The summed E-state index contributed by atoms with van der Waals surface area (Å²) in [5, 5.41) is 1.02. The molecule has 0 spiro atoms. The second-order valence-corrected chi connectivity index (χ2v) is 10.5. The molecule has 1 aromatic carbocycles. The van der Waals surface area contributed by atoms with E-state index >= 15 is 0 Å². The molecule has 5 nitrogen and oxygen atoms in total. The van der Waals surface area contributed by atoms with Crippen molar-refractivity contribution in [3.05, 3.63) is 23.2 Å². The molecular formula is C17H26ClN3O2S2. The Hall–Kier alpha value is -0.730. The number of hydrogen-bond acceptors (Lipinski definition) is 5. The van der Waals surface area contributed by atoms with Gasteiger partial charge in [-0.2, -0.15) is 4.31 Å². The van der Waals surface area contributed by atoms with Gasteiger partial charge in [-0.25, -0.2) is 13.4 Å². The zero-order valence-corrected chi connectivity index (χ0v) is 17.3. The van der Waals surface area contributed by atoms with Crippen LogP contribution in [0.5, 0.6) is 0 Å². The Bertz CT molecular complexity index is 835. The van der Waals surface area contributed by atoms with Crippen LogP contribution in [0.2, 0.25) is 0 Å². The van der Waals surface area contributed by atoms with E-state index in [0.717, 1.165) is 28.1 Å². The van der Waals surface area contributed by atoms with Gasteiger partial charge in [-0.1, -0.05) is 20.8 Å². The number of nitrogens with zero attached hydrogens (tertiary/aromatic N) is 2. The quantitative estimate of drug-likeness (QED) is 0.852. The standard InChI is InChI=1S/C17H25N3O2S2.ClH/c1-17(2,3)16-19-14-5-4-13(10-15(14)23-16)24(21,22)20-8-6-12(11-18)7-9-20;/h4-5,10,12H,6-9,11,18H2,1-3H3;1H. The second-order valence-electron chi connectivity index (χ2n) is 7.48. The molecule has 0 amide bonds. The predicted molar refractivity (Wildman–Crippen MR) is 106 cm³/mol. The van der Waals surface area contributed by atoms with Crippen LogP contribution in [0.25, 0.3) is 10.2 Å². The Labute approximate surface area is 160 Å². The third-order valence-electron chi connectivity index (χ3n) is 4.55. The van der Waals surface area contributed by atoms with Crippen LogP contribution in [0.4, 0.5) is 0 Å². The van der Waals surface area contributed by atoms with Gasteiger partial charge in [-0.3, -0.25) is 0 Å². The lowest BCUT2D eigenvalue weighted by Gasteiger charge is -2.30. The van der Waals surface area contributed by atoms with Gasteiger partial charge in [0.05, 0.1) is 20.1 Å². The van der Waals surface area contributed by atoms with Gasteiger partial charge in [0.1, 0.15) is 0 Å². The largest absolute Gasteiger partial charge is 0.330 e. The molecule has 3 rings (SSSR count). The van der Waals surface area contributed by atoms with Gasteiger partial charge >= 0.3 is 0 Å². The van der Waals surface area contributed by atoms with Gasteiger partial charge in [0.2, 0.25) is 10.0 Å². The van der Waals surface area contributed by atoms with Gasteiger partial charge < -0.3 is 5.73 Å². The molecule has 8 heteroatoms. The van der Waals surface area contributed by atoms with Crippen molar-refractivity contribution in [3.63, 3.8) is 0 Å². The van der Waals surface area contributed by atoms with Crippen LogP contribution in [0.1, 0.15) is 38.6 Å². The Balaban J connectivity index is 0.00000225. The van der Waals surface area contributed by atoms with E-state index < -0.39 is 10.0 Å². The summed E-state index contributed by atoms with van der Waals surface area (Å²) >= 11 is 1.57. The average Bonchev–Trinajstić information content (AvgIpc) is 2.98. The molecule has 1 aliphatic heterocycles. The molecule has 2 aromatic rings. The van der Waals surface area contributed by atoms with Crippen molar-refractivity contribution in [2.24, 2.45) is 11.7 Å². The summed E-state index contributed by atoms with van der Waals surface area (Å²) in [5.74, 6) is 0.440. The number of sulfonamides is 1. The molecule has 1 aliphatic rings. The highest BCUT2D eigenvalue weighted by atomic mass is 35.5. The highest BCUT2D eigenvalue weighted by molar-refractivity contribution is 7.89. The van der Waals surface area contributed by atoms with Crippen molar-refractivity contribution in [3.8, 4) is 0 Å². The fourth-order valence-corrected chi connectivity index (χ4v) is 5.55. The Kier molecular flexibility index (Phi) is 6.16. The van der Waals surface area contributed by atoms with E-state index in [1.807, 2.05) is 6.07 Å². The van der Waals surface area contributed by atoms with Crippen molar-refractivity contribution in [1.82, 2.24) is 9.29 Å². The fourth-order valence-electron chi connectivity index (χ4n) is 2.92. The van der Waals surface area contributed by atoms with Crippen LogP contribution in [0.3, 0.4) is 0 Å². The molecule has 0 radical (unpaired) electrons. The van der Waals surface area contributed by atoms with E-state index in [-0.39, 0.29) is 17.8 Å². The zero-order valence-electron chi connectivity index (χ0n) is 14.9. The molecule has 140 valence electrons. The number of fused-ring (bicyclic) bond motifs is 1. The smallest absolute Gasteiger partial charge is 0.243 e. The number of halogens is 1. The highest BCUT2D eigenvalue weighted by Gasteiger charge is 2.29. The molecule has 1 fully saturated rings. The first-order valence-corrected chi connectivity index (χ1v) is 10.6. The molecule has 1 saturated heterocycles. The first kappa shape index (κ1) is 20.6. The fraction of sp³-hybridized carbons (Fsp3) is 0.588. The normalized spacial score (nSPS) is 17.6. The van der Waals surface area contributed by atoms with E-state index in [1.54, 1.807) is 27.8 Å². The van der Waals surface area contributed by atoms with E-state index in [1.165, 1.54) is 0 Å². The summed E-state index contributed by atoms with van der Waals surface area (Å²) in [6.07, 6.45) is 1.68. The number of benzene rings is 1. The number of piperidine rings is 1. The Morgan fingerprint density at radius 2 is 1.92 bits per heavy atom. The maximum absolute atomic E-state index is 12.9. The summed E-state index contributed by atoms with van der Waals surface area (Å²) in [6, 6.07) is 5.27. The Morgan fingerprint density at radius 3 is 2.48 bits per heavy atom. The van der Waals surface area contributed by atoms with Crippen LogP contribution >= 0.6 is 23.7 Å². The minimum Gasteiger partial charge on any atom is -0.330 e.